The third-order valence-electron chi connectivity index (χ3n) is 5.59. The van der Waals surface area contributed by atoms with E-state index in [9.17, 15) is 13.2 Å². The van der Waals surface area contributed by atoms with Gasteiger partial charge in [-0.05, 0) is 44.5 Å². The van der Waals surface area contributed by atoms with Gasteiger partial charge in [-0.1, -0.05) is 0 Å². The Balaban J connectivity index is 1.46. The van der Waals surface area contributed by atoms with Crippen molar-refractivity contribution in [3.63, 3.8) is 0 Å². The molecule has 0 unspecified atom stereocenters. The molecule has 2 fully saturated rings. The van der Waals surface area contributed by atoms with E-state index >= 15 is 0 Å². The topological polar surface area (TPSA) is 99.9 Å². The zero-order valence-electron chi connectivity index (χ0n) is 16.0. The van der Waals surface area contributed by atoms with Gasteiger partial charge in [-0.15, -0.1) is 10.2 Å². The number of hydrogen-bond acceptors (Lipinski definition) is 6. The number of rotatable bonds is 6. The Morgan fingerprint density at radius 1 is 1.21 bits per heavy atom. The lowest BCUT2D eigenvalue weighted by molar-refractivity contribution is 0.0949. The predicted octanol–water partition coefficient (Wildman–Crippen LogP) is 0.304. The predicted molar refractivity (Wildman–Crippen MR) is 105 cm³/mol. The fraction of sp³-hybridized carbons (Fsp3) is 0.611. The van der Waals surface area contributed by atoms with E-state index in [1.807, 2.05) is 4.40 Å². The van der Waals surface area contributed by atoms with Gasteiger partial charge in [0.05, 0.1) is 11.8 Å². The van der Waals surface area contributed by atoms with Crippen LogP contribution in [0, 0.1) is 0 Å². The molecule has 0 aromatic carbocycles. The summed E-state index contributed by atoms with van der Waals surface area (Å²) in [6.07, 6.45) is 6.14. The Hall–Kier alpha value is -2.04. The minimum Gasteiger partial charge on any atom is -0.351 e. The lowest BCUT2D eigenvalue weighted by Gasteiger charge is -2.15. The normalized spacial score (nSPS) is 21.5. The van der Waals surface area contributed by atoms with E-state index in [1.54, 1.807) is 18.3 Å². The molecule has 0 aliphatic carbocycles. The van der Waals surface area contributed by atoms with E-state index in [2.05, 4.69) is 20.4 Å². The van der Waals surface area contributed by atoms with Crippen molar-refractivity contribution in [2.75, 3.05) is 45.5 Å². The van der Waals surface area contributed by atoms with Crippen molar-refractivity contribution in [1.29, 1.82) is 0 Å². The van der Waals surface area contributed by atoms with Crippen LogP contribution >= 0.6 is 0 Å². The summed E-state index contributed by atoms with van der Waals surface area (Å²) in [4.78, 5) is 14.9. The van der Waals surface area contributed by atoms with Gasteiger partial charge >= 0.3 is 0 Å². The second-order valence-corrected chi connectivity index (χ2v) is 9.60. The third-order valence-corrected chi connectivity index (χ3v) is 6.86. The van der Waals surface area contributed by atoms with Crippen molar-refractivity contribution < 1.29 is 13.2 Å². The number of nitrogens with one attached hydrogen (secondary N) is 1. The Kier molecular flexibility index (Phi) is 5.35. The molecule has 2 aromatic rings. The van der Waals surface area contributed by atoms with Crippen molar-refractivity contribution in [3.05, 3.63) is 29.7 Å². The number of carbonyl (C=O) groups excluding carboxylic acids is 1. The van der Waals surface area contributed by atoms with E-state index in [4.69, 9.17) is 0 Å². The highest BCUT2D eigenvalue weighted by atomic mass is 32.2. The van der Waals surface area contributed by atoms with Gasteiger partial charge in [0, 0.05) is 38.3 Å². The minimum absolute atomic E-state index is 0.0294. The Labute approximate surface area is 164 Å². The molecule has 28 heavy (non-hydrogen) atoms. The number of likely N-dealkylation sites (tertiary alicyclic amines) is 1. The molecular formula is C18H26N6O3S. The molecular weight excluding hydrogens is 380 g/mol. The Bertz CT molecular complexity index is 967. The molecule has 0 spiro atoms. The van der Waals surface area contributed by atoms with Crippen molar-refractivity contribution >= 4 is 21.6 Å². The molecule has 9 nitrogen and oxygen atoms in total. The lowest BCUT2D eigenvalue weighted by atomic mass is 10.1. The zero-order chi connectivity index (χ0) is 19.7. The first-order valence-electron chi connectivity index (χ1n) is 9.72. The van der Waals surface area contributed by atoms with E-state index in [-0.39, 0.29) is 11.8 Å². The number of fused-ring (bicyclic) bond motifs is 1. The first-order valence-corrected chi connectivity index (χ1v) is 11.6. The van der Waals surface area contributed by atoms with Crippen LogP contribution in [0.5, 0.6) is 0 Å². The highest BCUT2D eigenvalue weighted by molar-refractivity contribution is 7.88. The number of aromatic nitrogens is 3. The van der Waals surface area contributed by atoms with Crippen LogP contribution < -0.4 is 5.32 Å². The molecule has 1 N–H and O–H groups in total. The fourth-order valence-corrected chi connectivity index (χ4v) is 4.88. The van der Waals surface area contributed by atoms with Crippen LogP contribution in [0.25, 0.3) is 5.65 Å². The van der Waals surface area contributed by atoms with Gasteiger partial charge in [-0.3, -0.25) is 9.20 Å². The fourth-order valence-electron chi connectivity index (χ4n) is 4.00. The van der Waals surface area contributed by atoms with Gasteiger partial charge in [0.1, 0.15) is 5.82 Å². The van der Waals surface area contributed by atoms with Gasteiger partial charge < -0.3 is 10.2 Å². The summed E-state index contributed by atoms with van der Waals surface area (Å²) in [7, 11) is -3.21. The first kappa shape index (κ1) is 19.3. The summed E-state index contributed by atoms with van der Waals surface area (Å²) in [5.41, 5.74) is 1.20. The summed E-state index contributed by atoms with van der Waals surface area (Å²) in [5.74, 6) is 0.552. The van der Waals surface area contributed by atoms with Crippen LogP contribution in [-0.2, 0) is 10.0 Å². The number of amides is 1. The minimum atomic E-state index is -3.21. The average Bonchev–Trinajstić information content (AvgIpc) is 3.40. The molecule has 152 valence electrons. The van der Waals surface area contributed by atoms with Gasteiger partial charge in [0.25, 0.3) is 5.91 Å². The second-order valence-electron chi connectivity index (χ2n) is 7.62. The van der Waals surface area contributed by atoms with E-state index in [0.29, 0.717) is 43.1 Å². The third kappa shape index (κ3) is 4.03. The van der Waals surface area contributed by atoms with Crippen molar-refractivity contribution in [3.8, 4) is 0 Å². The number of nitrogens with zero attached hydrogens (tertiary/aromatic N) is 5. The quantitative estimate of drug-likeness (QED) is 0.741. The monoisotopic (exact) mass is 406 g/mol. The number of pyridine rings is 1. The standard InChI is InChI=1S/C18H26N6O3S/c1-28(26,27)23-10-6-14(12-23)17-21-20-16-5-4-15(13-24(16)17)18(25)19-7-11-22-8-2-3-9-22/h4-5,13-14H,2-3,6-12H2,1H3,(H,19,25)/t14-/m1/s1. The maximum Gasteiger partial charge on any atom is 0.252 e. The molecule has 0 saturated carbocycles. The van der Waals surface area contributed by atoms with Gasteiger partial charge in [-0.25, -0.2) is 12.7 Å². The molecule has 2 aromatic heterocycles. The molecule has 4 rings (SSSR count). The molecule has 4 heterocycles. The smallest absolute Gasteiger partial charge is 0.252 e. The van der Waals surface area contributed by atoms with Crippen molar-refractivity contribution in [1.82, 2.24) is 29.1 Å². The number of carbonyl (C=O) groups is 1. The van der Waals surface area contributed by atoms with E-state index < -0.39 is 10.0 Å². The molecule has 2 saturated heterocycles. The summed E-state index contributed by atoms with van der Waals surface area (Å²) >= 11 is 0. The lowest BCUT2D eigenvalue weighted by Crippen LogP contribution is -2.33. The van der Waals surface area contributed by atoms with E-state index in [1.165, 1.54) is 23.4 Å². The highest BCUT2D eigenvalue weighted by Crippen LogP contribution is 2.27. The molecule has 2 aliphatic rings. The Morgan fingerprint density at radius 2 is 2.00 bits per heavy atom. The zero-order valence-corrected chi connectivity index (χ0v) is 16.9. The molecule has 1 atom stereocenters. The molecule has 2 aliphatic heterocycles. The summed E-state index contributed by atoms with van der Waals surface area (Å²) in [5, 5.41) is 11.4. The number of hydrogen-bond donors (Lipinski definition) is 1. The van der Waals surface area contributed by atoms with Gasteiger partial charge in [-0.2, -0.15) is 0 Å². The summed E-state index contributed by atoms with van der Waals surface area (Å²) < 4.78 is 26.8. The molecule has 10 heteroatoms. The van der Waals surface area contributed by atoms with Crippen LogP contribution in [0.3, 0.4) is 0 Å². The highest BCUT2D eigenvalue weighted by Gasteiger charge is 2.32. The van der Waals surface area contributed by atoms with Gasteiger partial charge in [0.15, 0.2) is 5.65 Å². The molecule has 0 bridgehead atoms. The maximum atomic E-state index is 12.5. The SMILES string of the molecule is CS(=O)(=O)N1CC[C@@H](c2nnc3ccc(C(=O)NCCN4CCCC4)cn23)C1. The maximum absolute atomic E-state index is 12.5. The van der Waals surface area contributed by atoms with Crippen molar-refractivity contribution in [2.24, 2.45) is 0 Å². The largest absolute Gasteiger partial charge is 0.351 e. The number of sulfonamides is 1. The first-order chi connectivity index (χ1) is 13.4. The Morgan fingerprint density at radius 3 is 2.71 bits per heavy atom. The summed E-state index contributed by atoms with van der Waals surface area (Å²) in [6, 6.07) is 3.52. The van der Waals surface area contributed by atoms with Crippen LogP contribution in [-0.4, -0.2) is 83.7 Å². The van der Waals surface area contributed by atoms with Crippen LogP contribution in [0.2, 0.25) is 0 Å². The van der Waals surface area contributed by atoms with E-state index in [0.717, 1.165) is 19.6 Å². The molecule has 1 amide bonds. The molecule has 0 radical (unpaired) electrons. The van der Waals surface area contributed by atoms with Crippen LogP contribution in [0.15, 0.2) is 18.3 Å². The van der Waals surface area contributed by atoms with Gasteiger partial charge in [0.2, 0.25) is 10.0 Å². The van der Waals surface area contributed by atoms with Crippen LogP contribution in [0.1, 0.15) is 41.4 Å². The summed E-state index contributed by atoms with van der Waals surface area (Å²) in [6.45, 7) is 4.59. The average molecular weight is 407 g/mol. The van der Waals surface area contributed by atoms with Crippen molar-refractivity contribution in [2.45, 2.75) is 25.2 Å². The second kappa shape index (κ2) is 7.76. The van der Waals surface area contributed by atoms with Crippen LogP contribution in [0.4, 0.5) is 0 Å².